The second-order valence-corrected chi connectivity index (χ2v) is 6.34. The van der Waals surface area contributed by atoms with Crippen LogP contribution in [0.1, 0.15) is 27.2 Å². The van der Waals surface area contributed by atoms with Crippen LogP contribution in [0.5, 0.6) is 5.75 Å². The summed E-state index contributed by atoms with van der Waals surface area (Å²) >= 11 is 6.22. The molecule has 0 spiro atoms. The maximum atomic E-state index is 13.1. The number of alkyl halides is 3. The van der Waals surface area contributed by atoms with E-state index in [0.717, 1.165) is 6.07 Å². The van der Waals surface area contributed by atoms with E-state index in [2.05, 4.69) is 0 Å². The highest BCUT2D eigenvalue weighted by molar-refractivity contribution is 6.32. The van der Waals surface area contributed by atoms with E-state index in [-0.39, 0.29) is 11.5 Å². The lowest BCUT2D eigenvalue weighted by Gasteiger charge is -2.13. The van der Waals surface area contributed by atoms with E-state index in [1.807, 2.05) is 0 Å². The molecule has 3 rings (SSSR count). The Morgan fingerprint density at radius 1 is 1.19 bits per heavy atom. The molecule has 1 heterocycles. The third kappa shape index (κ3) is 4.03. The van der Waals surface area contributed by atoms with Gasteiger partial charge in [0.25, 0.3) is 0 Å². The molecule has 0 radical (unpaired) electrons. The second kappa shape index (κ2) is 7.15. The smallest absolute Gasteiger partial charge is 0.419 e. The van der Waals surface area contributed by atoms with Crippen molar-refractivity contribution in [2.24, 2.45) is 0 Å². The Labute approximate surface area is 157 Å². The van der Waals surface area contributed by atoms with Crippen molar-refractivity contribution in [3.8, 4) is 5.75 Å². The van der Waals surface area contributed by atoms with Crippen LogP contribution in [0.15, 0.2) is 40.8 Å². The van der Waals surface area contributed by atoms with Crippen LogP contribution in [-0.2, 0) is 19.0 Å². The number of ether oxygens (including phenoxy) is 1. The lowest BCUT2D eigenvalue weighted by atomic mass is 10.0. The first-order chi connectivity index (χ1) is 12.7. The molecular weight excluding hydrogens is 385 g/mol. The standard InChI is InChI=1S/C19H14ClF3O4/c1-26-15-5-3-10(6-13(15)19(21,22)23)2-4-11-8-16-12(7-14(11)20)9-17(27-16)18(24)25/h3,5-9H,2,4H2,1H3,(H,24,25). The van der Waals surface area contributed by atoms with E-state index in [4.69, 9.17) is 25.9 Å². The maximum Gasteiger partial charge on any atom is 0.419 e. The highest BCUT2D eigenvalue weighted by Gasteiger charge is 2.34. The molecule has 27 heavy (non-hydrogen) atoms. The molecule has 0 fully saturated rings. The van der Waals surface area contributed by atoms with Crippen LogP contribution >= 0.6 is 11.6 Å². The molecule has 0 unspecified atom stereocenters. The number of furan rings is 1. The minimum absolute atomic E-state index is 0.205. The Balaban J connectivity index is 1.86. The number of aryl methyl sites for hydroxylation is 2. The molecule has 0 aliphatic rings. The largest absolute Gasteiger partial charge is 0.496 e. The van der Waals surface area contributed by atoms with Gasteiger partial charge in [0, 0.05) is 10.4 Å². The molecule has 142 valence electrons. The summed E-state index contributed by atoms with van der Waals surface area (Å²) < 4.78 is 49.4. The van der Waals surface area contributed by atoms with Gasteiger partial charge in [-0.05, 0) is 54.3 Å². The van der Waals surface area contributed by atoms with E-state index in [1.54, 1.807) is 18.2 Å². The van der Waals surface area contributed by atoms with Crippen LogP contribution < -0.4 is 4.74 Å². The molecule has 0 aliphatic heterocycles. The fraction of sp³-hybridized carbons (Fsp3) is 0.211. The van der Waals surface area contributed by atoms with Gasteiger partial charge in [0.05, 0.1) is 12.7 Å². The van der Waals surface area contributed by atoms with Crippen molar-refractivity contribution < 1.29 is 32.2 Å². The Hall–Kier alpha value is -2.67. The summed E-state index contributed by atoms with van der Waals surface area (Å²) in [5, 5.41) is 9.92. The minimum Gasteiger partial charge on any atom is -0.496 e. The molecule has 4 nitrogen and oxygen atoms in total. The number of carboxylic acids is 1. The maximum absolute atomic E-state index is 13.1. The van der Waals surface area contributed by atoms with Crippen LogP contribution in [0.3, 0.4) is 0 Å². The zero-order chi connectivity index (χ0) is 19.8. The highest BCUT2D eigenvalue weighted by atomic mass is 35.5. The third-order valence-corrected chi connectivity index (χ3v) is 4.50. The van der Waals surface area contributed by atoms with E-state index in [9.17, 15) is 18.0 Å². The molecule has 0 amide bonds. The van der Waals surface area contributed by atoms with E-state index in [0.29, 0.717) is 40.0 Å². The number of rotatable bonds is 5. The van der Waals surface area contributed by atoms with Gasteiger partial charge < -0.3 is 14.3 Å². The van der Waals surface area contributed by atoms with Crippen molar-refractivity contribution in [2.45, 2.75) is 19.0 Å². The summed E-state index contributed by atoms with van der Waals surface area (Å²) in [5.41, 5.74) is 0.656. The normalized spacial score (nSPS) is 11.7. The number of fused-ring (bicyclic) bond motifs is 1. The first-order valence-corrected chi connectivity index (χ1v) is 8.26. The first-order valence-electron chi connectivity index (χ1n) is 7.88. The summed E-state index contributed by atoms with van der Waals surface area (Å²) in [6.45, 7) is 0. The van der Waals surface area contributed by atoms with E-state index >= 15 is 0 Å². The number of benzene rings is 2. The fourth-order valence-electron chi connectivity index (χ4n) is 2.81. The van der Waals surface area contributed by atoms with Crippen molar-refractivity contribution in [1.82, 2.24) is 0 Å². The SMILES string of the molecule is COc1ccc(CCc2cc3oc(C(=O)O)cc3cc2Cl)cc1C(F)(F)F. The van der Waals surface area contributed by atoms with Crippen LogP contribution in [0, 0.1) is 0 Å². The van der Waals surface area contributed by atoms with Crippen LogP contribution in [-0.4, -0.2) is 18.2 Å². The monoisotopic (exact) mass is 398 g/mol. The molecule has 0 saturated heterocycles. The lowest BCUT2D eigenvalue weighted by molar-refractivity contribution is -0.138. The number of hydrogen-bond acceptors (Lipinski definition) is 3. The van der Waals surface area contributed by atoms with Gasteiger partial charge in [-0.1, -0.05) is 17.7 Å². The van der Waals surface area contributed by atoms with Crippen molar-refractivity contribution in [3.05, 3.63) is 63.9 Å². The van der Waals surface area contributed by atoms with Gasteiger partial charge in [-0.25, -0.2) is 4.79 Å². The average molecular weight is 399 g/mol. The zero-order valence-electron chi connectivity index (χ0n) is 14.1. The zero-order valence-corrected chi connectivity index (χ0v) is 14.8. The van der Waals surface area contributed by atoms with Crippen LogP contribution in [0.2, 0.25) is 5.02 Å². The fourth-order valence-corrected chi connectivity index (χ4v) is 3.08. The van der Waals surface area contributed by atoms with Gasteiger partial charge in [0.1, 0.15) is 11.3 Å². The summed E-state index contributed by atoms with van der Waals surface area (Å²) in [7, 11) is 1.19. The van der Waals surface area contributed by atoms with Crippen molar-refractivity contribution in [2.75, 3.05) is 7.11 Å². The van der Waals surface area contributed by atoms with Gasteiger partial charge in [-0.2, -0.15) is 13.2 Å². The van der Waals surface area contributed by atoms with Crippen molar-refractivity contribution in [1.29, 1.82) is 0 Å². The molecule has 0 aliphatic carbocycles. The quantitative estimate of drug-likeness (QED) is 0.608. The lowest BCUT2D eigenvalue weighted by Crippen LogP contribution is -2.08. The molecule has 1 aromatic heterocycles. The van der Waals surface area contributed by atoms with Crippen LogP contribution in [0.4, 0.5) is 13.2 Å². The number of methoxy groups -OCH3 is 1. The highest BCUT2D eigenvalue weighted by Crippen LogP contribution is 2.37. The van der Waals surface area contributed by atoms with Gasteiger partial charge in [0.15, 0.2) is 0 Å². The van der Waals surface area contributed by atoms with Gasteiger partial charge in [-0.15, -0.1) is 0 Å². The van der Waals surface area contributed by atoms with Gasteiger partial charge in [0.2, 0.25) is 5.76 Å². The van der Waals surface area contributed by atoms with Gasteiger partial charge in [-0.3, -0.25) is 0 Å². The molecule has 0 saturated carbocycles. The Morgan fingerprint density at radius 2 is 1.93 bits per heavy atom. The number of carbonyl (C=O) groups is 1. The van der Waals surface area contributed by atoms with Crippen molar-refractivity contribution in [3.63, 3.8) is 0 Å². The molecule has 3 aromatic rings. The summed E-state index contributed by atoms with van der Waals surface area (Å²) in [6, 6.07) is 8.47. The number of hydrogen-bond donors (Lipinski definition) is 1. The summed E-state index contributed by atoms with van der Waals surface area (Å²) in [4.78, 5) is 11.0. The Morgan fingerprint density at radius 3 is 2.56 bits per heavy atom. The first kappa shape index (κ1) is 19.1. The molecule has 1 N–H and O–H groups in total. The molecule has 8 heteroatoms. The average Bonchev–Trinajstić information content (AvgIpc) is 3.01. The molecule has 0 atom stereocenters. The number of aromatic carboxylic acids is 1. The topological polar surface area (TPSA) is 59.7 Å². The van der Waals surface area contributed by atoms with E-state index < -0.39 is 17.7 Å². The van der Waals surface area contributed by atoms with Gasteiger partial charge >= 0.3 is 12.1 Å². The predicted molar refractivity (Wildman–Crippen MR) is 93.6 cm³/mol. The second-order valence-electron chi connectivity index (χ2n) is 5.93. The van der Waals surface area contributed by atoms with Crippen molar-refractivity contribution >= 4 is 28.5 Å². The molecule has 0 bridgehead atoms. The van der Waals surface area contributed by atoms with Crippen LogP contribution in [0.25, 0.3) is 11.0 Å². The summed E-state index contributed by atoms with van der Waals surface area (Å²) in [5.74, 6) is -1.63. The Kier molecular flexibility index (Phi) is 5.06. The summed E-state index contributed by atoms with van der Waals surface area (Å²) in [6.07, 6.45) is -3.84. The van der Waals surface area contributed by atoms with E-state index in [1.165, 1.54) is 19.2 Å². The molecular formula is C19H14ClF3O4. The minimum atomic E-state index is -4.51. The predicted octanol–water partition coefficient (Wildman–Crippen LogP) is 5.60. The third-order valence-electron chi connectivity index (χ3n) is 4.15. The number of halogens is 4. The Bertz CT molecular complexity index is 1010. The number of carboxylic acid groups (broad SMARTS) is 1. The molecule has 2 aromatic carbocycles.